The van der Waals surface area contributed by atoms with E-state index in [2.05, 4.69) is 17.1 Å². The third-order valence-corrected chi connectivity index (χ3v) is 4.51. The average Bonchev–Trinajstić information content (AvgIpc) is 2.32. The van der Waals surface area contributed by atoms with E-state index in [1.54, 1.807) is 0 Å². The standard InChI is InChI=1S/C12H23NOS/c1-2-12(10-14-5-1)9-13-8-11-3-6-15-7-4-11/h11-13H,1-10H2. The molecule has 2 saturated heterocycles. The predicted molar refractivity (Wildman–Crippen MR) is 66.5 cm³/mol. The maximum Gasteiger partial charge on any atom is 0.0506 e. The van der Waals surface area contributed by atoms with Gasteiger partial charge in [0.05, 0.1) is 6.61 Å². The second-order valence-electron chi connectivity index (χ2n) is 4.80. The minimum absolute atomic E-state index is 0.775. The molecule has 3 heteroatoms. The lowest BCUT2D eigenvalue weighted by Gasteiger charge is -2.25. The van der Waals surface area contributed by atoms with Gasteiger partial charge in [0.15, 0.2) is 0 Å². The Labute approximate surface area is 97.5 Å². The first-order valence-electron chi connectivity index (χ1n) is 6.31. The van der Waals surface area contributed by atoms with E-state index in [4.69, 9.17) is 4.74 Å². The first-order chi connectivity index (χ1) is 7.45. The summed E-state index contributed by atoms with van der Waals surface area (Å²) in [5.74, 6) is 4.46. The lowest BCUT2D eigenvalue weighted by atomic mass is 10.0. The number of hydrogen-bond donors (Lipinski definition) is 1. The van der Waals surface area contributed by atoms with E-state index < -0.39 is 0 Å². The molecule has 2 fully saturated rings. The fourth-order valence-electron chi connectivity index (χ4n) is 2.41. The highest BCUT2D eigenvalue weighted by Crippen LogP contribution is 2.22. The van der Waals surface area contributed by atoms with E-state index in [0.29, 0.717) is 0 Å². The second-order valence-corrected chi connectivity index (χ2v) is 6.02. The molecule has 0 aromatic heterocycles. The second kappa shape index (κ2) is 6.77. The SMILES string of the molecule is C1COCC(CNCC2CCSCC2)C1. The molecule has 0 aromatic carbocycles. The number of thioether (sulfide) groups is 1. The fraction of sp³-hybridized carbons (Fsp3) is 1.00. The van der Waals surface area contributed by atoms with E-state index in [1.165, 1.54) is 50.3 Å². The molecule has 0 spiro atoms. The zero-order valence-corrected chi connectivity index (χ0v) is 10.4. The molecule has 1 atom stereocenters. The molecule has 2 heterocycles. The highest BCUT2D eigenvalue weighted by atomic mass is 32.2. The Morgan fingerprint density at radius 3 is 2.60 bits per heavy atom. The van der Waals surface area contributed by atoms with Crippen LogP contribution in [0.1, 0.15) is 25.7 Å². The van der Waals surface area contributed by atoms with Crippen molar-refractivity contribution in [2.75, 3.05) is 37.8 Å². The molecule has 2 nitrogen and oxygen atoms in total. The quantitative estimate of drug-likeness (QED) is 0.798. The summed E-state index contributed by atoms with van der Waals surface area (Å²) in [5, 5.41) is 3.64. The highest BCUT2D eigenvalue weighted by molar-refractivity contribution is 7.99. The summed E-state index contributed by atoms with van der Waals surface area (Å²) in [6.07, 6.45) is 5.44. The molecule has 0 radical (unpaired) electrons. The van der Waals surface area contributed by atoms with Crippen LogP contribution in [0.3, 0.4) is 0 Å². The first-order valence-corrected chi connectivity index (χ1v) is 7.47. The van der Waals surface area contributed by atoms with Gasteiger partial charge >= 0.3 is 0 Å². The summed E-state index contributed by atoms with van der Waals surface area (Å²) in [7, 11) is 0. The molecule has 0 bridgehead atoms. The van der Waals surface area contributed by atoms with Crippen LogP contribution in [0, 0.1) is 11.8 Å². The van der Waals surface area contributed by atoms with Gasteiger partial charge in [-0.1, -0.05) is 0 Å². The smallest absolute Gasteiger partial charge is 0.0506 e. The molecular weight excluding hydrogens is 206 g/mol. The van der Waals surface area contributed by atoms with Crippen LogP contribution < -0.4 is 5.32 Å². The molecule has 0 aliphatic carbocycles. The van der Waals surface area contributed by atoms with Crippen molar-refractivity contribution in [1.82, 2.24) is 5.32 Å². The Bertz CT molecular complexity index is 147. The molecule has 2 aliphatic heterocycles. The Kier molecular flexibility index (Phi) is 5.30. The van der Waals surface area contributed by atoms with E-state index in [1.807, 2.05) is 0 Å². The number of ether oxygens (including phenoxy) is 1. The van der Waals surface area contributed by atoms with Crippen LogP contribution in [0.15, 0.2) is 0 Å². The van der Waals surface area contributed by atoms with Crippen molar-refractivity contribution in [3.63, 3.8) is 0 Å². The summed E-state index contributed by atoms with van der Waals surface area (Å²) < 4.78 is 5.48. The van der Waals surface area contributed by atoms with Gasteiger partial charge in [-0.25, -0.2) is 0 Å². The molecule has 0 amide bonds. The summed E-state index contributed by atoms with van der Waals surface area (Å²) in [5.41, 5.74) is 0. The molecule has 15 heavy (non-hydrogen) atoms. The van der Waals surface area contributed by atoms with Crippen molar-refractivity contribution < 1.29 is 4.74 Å². The summed E-state index contributed by atoms with van der Waals surface area (Å²) in [6, 6.07) is 0. The zero-order chi connectivity index (χ0) is 10.3. The Balaban J connectivity index is 1.53. The lowest BCUT2D eigenvalue weighted by molar-refractivity contribution is 0.0545. The first kappa shape index (κ1) is 11.7. The highest BCUT2D eigenvalue weighted by Gasteiger charge is 2.16. The van der Waals surface area contributed by atoms with Gasteiger partial charge in [0.2, 0.25) is 0 Å². The normalized spacial score (nSPS) is 29.2. The van der Waals surface area contributed by atoms with Gasteiger partial charge in [-0.3, -0.25) is 0 Å². The maximum absolute atomic E-state index is 5.48. The van der Waals surface area contributed by atoms with Gasteiger partial charge in [0.25, 0.3) is 0 Å². The van der Waals surface area contributed by atoms with Crippen molar-refractivity contribution >= 4 is 11.8 Å². The van der Waals surface area contributed by atoms with Crippen LogP contribution in [0.5, 0.6) is 0 Å². The molecule has 88 valence electrons. The summed E-state index contributed by atoms with van der Waals surface area (Å²) in [6.45, 7) is 4.37. The third-order valence-electron chi connectivity index (χ3n) is 3.46. The van der Waals surface area contributed by atoms with Crippen LogP contribution in [-0.4, -0.2) is 37.8 Å². The van der Waals surface area contributed by atoms with Crippen LogP contribution in [0.25, 0.3) is 0 Å². The van der Waals surface area contributed by atoms with E-state index in [9.17, 15) is 0 Å². The van der Waals surface area contributed by atoms with Gasteiger partial charge in [-0.15, -0.1) is 0 Å². The summed E-state index contributed by atoms with van der Waals surface area (Å²) in [4.78, 5) is 0. The Morgan fingerprint density at radius 1 is 1.07 bits per heavy atom. The predicted octanol–water partition coefficient (Wildman–Crippen LogP) is 2.15. The van der Waals surface area contributed by atoms with Crippen LogP contribution in [0.2, 0.25) is 0 Å². The van der Waals surface area contributed by atoms with Gasteiger partial charge in [-0.05, 0) is 55.6 Å². The lowest BCUT2D eigenvalue weighted by Crippen LogP contribution is -2.33. The molecule has 1 unspecified atom stereocenters. The fourth-order valence-corrected chi connectivity index (χ4v) is 3.61. The van der Waals surface area contributed by atoms with E-state index >= 15 is 0 Å². The maximum atomic E-state index is 5.48. The van der Waals surface area contributed by atoms with Gasteiger partial charge in [-0.2, -0.15) is 11.8 Å². The van der Waals surface area contributed by atoms with Crippen molar-refractivity contribution in [1.29, 1.82) is 0 Å². The number of nitrogens with one attached hydrogen (secondary N) is 1. The topological polar surface area (TPSA) is 21.3 Å². The van der Waals surface area contributed by atoms with Crippen molar-refractivity contribution in [3.8, 4) is 0 Å². The Morgan fingerprint density at radius 2 is 1.87 bits per heavy atom. The Hall–Kier alpha value is 0.270. The van der Waals surface area contributed by atoms with Crippen LogP contribution >= 0.6 is 11.8 Å². The van der Waals surface area contributed by atoms with Crippen LogP contribution in [-0.2, 0) is 4.74 Å². The third kappa shape index (κ3) is 4.33. The summed E-state index contributed by atoms with van der Waals surface area (Å²) >= 11 is 2.11. The van der Waals surface area contributed by atoms with Crippen LogP contribution in [0.4, 0.5) is 0 Å². The van der Waals surface area contributed by atoms with Gasteiger partial charge in [0, 0.05) is 13.2 Å². The van der Waals surface area contributed by atoms with E-state index in [-0.39, 0.29) is 0 Å². The minimum atomic E-state index is 0.775. The average molecular weight is 229 g/mol. The number of rotatable bonds is 4. The molecule has 0 aromatic rings. The molecular formula is C12H23NOS. The largest absolute Gasteiger partial charge is 0.381 e. The molecule has 2 aliphatic rings. The van der Waals surface area contributed by atoms with E-state index in [0.717, 1.165) is 25.0 Å². The molecule has 0 saturated carbocycles. The van der Waals surface area contributed by atoms with Crippen molar-refractivity contribution in [3.05, 3.63) is 0 Å². The molecule has 2 rings (SSSR count). The van der Waals surface area contributed by atoms with Gasteiger partial charge in [0.1, 0.15) is 0 Å². The minimum Gasteiger partial charge on any atom is -0.381 e. The monoisotopic (exact) mass is 229 g/mol. The number of hydrogen-bond acceptors (Lipinski definition) is 3. The van der Waals surface area contributed by atoms with Crippen molar-refractivity contribution in [2.45, 2.75) is 25.7 Å². The molecule has 1 N–H and O–H groups in total. The van der Waals surface area contributed by atoms with Gasteiger partial charge < -0.3 is 10.1 Å². The van der Waals surface area contributed by atoms with Crippen molar-refractivity contribution in [2.24, 2.45) is 11.8 Å². The zero-order valence-electron chi connectivity index (χ0n) is 9.54.